The van der Waals surface area contributed by atoms with Gasteiger partial charge in [0, 0.05) is 13.0 Å². The first-order chi connectivity index (χ1) is 18.6. The van der Waals surface area contributed by atoms with Crippen LogP contribution in [-0.2, 0) is 19.0 Å². The van der Waals surface area contributed by atoms with Crippen molar-refractivity contribution in [3.8, 4) is 0 Å². The van der Waals surface area contributed by atoms with Gasteiger partial charge in [-0.15, -0.1) is 0 Å². The Bertz CT molecular complexity index is 841. The Morgan fingerprint density at radius 1 is 1.00 bits per heavy atom. The van der Waals surface area contributed by atoms with Crippen molar-refractivity contribution >= 4 is 5.97 Å². The molecule has 224 valence electrons. The molecule has 0 amide bonds. The van der Waals surface area contributed by atoms with Crippen LogP contribution in [0.15, 0.2) is 11.6 Å². The summed E-state index contributed by atoms with van der Waals surface area (Å²) in [5.41, 5.74) is 7.80. The molecular weight excluding hydrogens is 486 g/mol. The number of hydrogen-bond acceptors (Lipinski definition) is 5. The lowest BCUT2D eigenvalue weighted by Crippen LogP contribution is -2.51. The molecule has 0 aliphatic heterocycles. The maximum Gasteiger partial charge on any atom is 0.335 e. The molecule has 0 bridgehead atoms. The Morgan fingerprint density at radius 3 is 2.54 bits per heavy atom. The van der Waals surface area contributed by atoms with E-state index in [1.165, 1.54) is 51.4 Å². The summed E-state index contributed by atoms with van der Waals surface area (Å²) in [6.45, 7) is 16.1. The van der Waals surface area contributed by atoms with Gasteiger partial charge in [0.2, 0.25) is 0 Å². The van der Waals surface area contributed by atoms with Crippen molar-refractivity contribution in [3.05, 3.63) is 11.6 Å². The highest BCUT2D eigenvalue weighted by Gasteiger charge is 2.59. The van der Waals surface area contributed by atoms with Crippen molar-refractivity contribution in [2.45, 2.75) is 124 Å². The summed E-state index contributed by atoms with van der Waals surface area (Å²) in [7, 11) is 0. The van der Waals surface area contributed by atoms with Gasteiger partial charge in [-0.05, 0) is 98.2 Å². The molecule has 39 heavy (non-hydrogen) atoms. The van der Waals surface area contributed by atoms with Gasteiger partial charge in [0.1, 0.15) is 6.10 Å². The number of hydrogen-bond donors (Lipinski definition) is 1. The minimum Gasteiger partial charge on any atom is -0.460 e. The third-order valence-corrected chi connectivity index (χ3v) is 11.7. The first-order valence-corrected chi connectivity index (χ1v) is 16.4. The van der Waals surface area contributed by atoms with Crippen LogP contribution >= 0.6 is 0 Å². The number of esters is 1. The summed E-state index contributed by atoms with van der Waals surface area (Å²) < 4.78 is 16.9. The minimum absolute atomic E-state index is 0.0238. The van der Waals surface area contributed by atoms with Crippen LogP contribution in [0.1, 0.15) is 112 Å². The summed E-state index contributed by atoms with van der Waals surface area (Å²) in [6, 6.07) is 0. The van der Waals surface area contributed by atoms with Crippen LogP contribution in [0.3, 0.4) is 0 Å². The van der Waals surface area contributed by atoms with Crippen molar-refractivity contribution in [2.24, 2.45) is 52.1 Å². The van der Waals surface area contributed by atoms with Crippen molar-refractivity contribution in [2.75, 3.05) is 26.4 Å². The van der Waals surface area contributed by atoms with Crippen molar-refractivity contribution < 1.29 is 19.0 Å². The molecule has 0 aromatic rings. The highest BCUT2D eigenvalue weighted by molar-refractivity contribution is 5.74. The molecule has 0 aromatic heterocycles. The minimum atomic E-state index is -0.566. The van der Waals surface area contributed by atoms with Gasteiger partial charge in [-0.25, -0.2) is 4.79 Å². The van der Waals surface area contributed by atoms with Gasteiger partial charge in [-0.1, -0.05) is 65.5 Å². The number of carbonyl (C=O) groups excluding carboxylic acids is 1. The van der Waals surface area contributed by atoms with E-state index in [4.69, 9.17) is 19.9 Å². The van der Waals surface area contributed by atoms with Crippen LogP contribution in [-0.4, -0.2) is 44.5 Å². The summed E-state index contributed by atoms with van der Waals surface area (Å²) in [5, 5.41) is 0. The number of fused-ring (bicyclic) bond motifs is 5. The van der Waals surface area contributed by atoms with E-state index in [1.54, 1.807) is 12.5 Å². The molecule has 4 rings (SSSR count). The molecule has 9 atom stereocenters. The SMILES string of the molecule is CC(C)CCCC(C)[C@H]1CC[C@H]2[C@@H]3CC=C4C[C@@H](OC(=O)C(C)OCCOCCN)CC[C@]4(C)[C@H]3CC[C@]12C. The summed E-state index contributed by atoms with van der Waals surface area (Å²) >= 11 is 0. The van der Waals surface area contributed by atoms with E-state index >= 15 is 0 Å². The van der Waals surface area contributed by atoms with Gasteiger partial charge in [0.25, 0.3) is 0 Å². The standard InChI is InChI=1S/C34H59NO4/c1-23(2)8-7-9-24(3)29-12-13-30-28-11-10-26-22-27(39-32(36)25(4)38-21-20-37-19-18-35)14-16-33(26,5)31(28)15-17-34(29,30)6/h10,23-25,27-31H,7-9,11-22,35H2,1-6H3/t24?,25?,27-,28-,29+,30-,31-,33-,34+/m0/s1. The Labute approximate surface area is 239 Å². The zero-order valence-corrected chi connectivity index (χ0v) is 26.0. The molecular formula is C34H59NO4. The Balaban J connectivity index is 1.33. The molecule has 0 spiro atoms. The van der Waals surface area contributed by atoms with Crippen LogP contribution in [0.5, 0.6) is 0 Å². The Morgan fingerprint density at radius 2 is 1.79 bits per heavy atom. The molecule has 3 fully saturated rings. The van der Waals surface area contributed by atoms with Crippen LogP contribution in [0.25, 0.3) is 0 Å². The zero-order chi connectivity index (χ0) is 28.2. The van der Waals surface area contributed by atoms with E-state index in [0.717, 1.165) is 54.8 Å². The Kier molecular flexibility index (Phi) is 10.6. The predicted molar refractivity (Wildman–Crippen MR) is 158 cm³/mol. The fraction of sp³-hybridized carbons (Fsp3) is 0.912. The van der Waals surface area contributed by atoms with Gasteiger partial charge in [-0.2, -0.15) is 0 Å². The molecule has 2 unspecified atom stereocenters. The summed E-state index contributed by atoms with van der Waals surface area (Å²) in [5.74, 6) is 4.84. The van der Waals surface area contributed by atoms with Crippen molar-refractivity contribution in [3.63, 3.8) is 0 Å². The fourth-order valence-corrected chi connectivity index (χ4v) is 9.55. The molecule has 5 heteroatoms. The van der Waals surface area contributed by atoms with Gasteiger partial charge >= 0.3 is 5.97 Å². The maximum absolute atomic E-state index is 12.7. The number of nitrogens with two attached hydrogens (primary N) is 1. The van der Waals surface area contributed by atoms with E-state index in [1.807, 2.05) is 0 Å². The number of carbonyl (C=O) groups is 1. The van der Waals surface area contributed by atoms with E-state index in [-0.39, 0.29) is 17.5 Å². The summed E-state index contributed by atoms with van der Waals surface area (Å²) in [4.78, 5) is 12.7. The van der Waals surface area contributed by atoms with E-state index < -0.39 is 6.10 Å². The van der Waals surface area contributed by atoms with Crippen LogP contribution in [0.4, 0.5) is 0 Å². The first kappa shape index (κ1) is 31.0. The molecule has 4 aliphatic carbocycles. The molecule has 0 heterocycles. The highest BCUT2D eigenvalue weighted by Crippen LogP contribution is 2.67. The van der Waals surface area contributed by atoms with Crippen LogP contribution in [0.2, 0.25) is 0 Å². The molecule has 0 aromatic carbocycles. The average molecular weight is 546 g/mol. The monoisotopic (exact) mass is 545 g/mol. The van der Waals surface area contributed by atoms with Crippen molar-refractivity contribution in [1.82, 2.24) is 0 Å². The maximum atomic E-state index is 12.7. The van der Waals surface area contributed by atoms with E-state index in [2.05, 4.69) is 40.7 Å². The zero-order valence-electron chi connectivity index (χ0n) is 26.0. The van der Waals surface area contributed by atoms with Crippen LogP contribution in [0, 0.1) is 46.3 Å². The van der Waals surface area contributed by atoms with Gasteiger partial charge in [0.15, 0.2) is 6.10 Å². The lowest BCUT2D eigenvalue weighted by atomic mass is 9.47. The van der Waals surface area contributed by atoms with E-state index in [9.17, 15) is 4.79 Å². The number of rotatable bonds is 13. The smallest absolute Gasteiger partial charge is 0.335 e. The van der Waals surface area contributed by atoms with Gasteiger partial charge < -0.3 is 19.9 Å². The predicted octanol–water partition coefficient (Wildman–Crippen LogP) is 7.32. The normalized spacial score (nSPS) is 37.4. The molecule has 3 saturated carbocycles. The molecule has 0 radical (unpaired) electrons. The second-order valence-corrected chi connectivity index (χ2v) is 14.5. The van der Waals surface area contributed by atoms with Crippen LogP contribution < -0.4 is 5.73 Å². The number of allylic oxidation sites excluding steroid dienone is 1. The van der Waals surface area contributed by atoms with Gasteiger partial charge in [0.05, 0.1) is 19.8 Å². The lowest BCUT2D eigenvalue weighted by molar-refractivity contribution is -0.164. The molecule has 2 N–H and O–H groups in total. The summed E-state index contributed by atoms with van der Waals surface area (Å²) in [6.07, 6.45) is 16.1. The van der Waals surface area contributed by atoms with E-state index in [0.29, 0.717) is 31.8 Å². The quantitative estimate of drug-likeness (QED) is 0.149. The number of ether oxygens (including phenoxy) is 3. The lowest BCUT2D eigenvalue weighted by Gasteiger charge is -2.58. The Hall–Kier alpha value is -0.910. The molecule has 5 nitrogen and oxygen atoms in total. The average Bonchev–Trinajstić information content (AvgIpc) is 3.25. The topological polar surface area (TPSA) is 70.8 Å². The second kappa shape index (κ2) is 13.4. The van der Waals surface area contributed by atoms with Gasteiger partial charge in [-0.3, -0.25) is 0 Å². The first-order valence-electron chi connectivity index (χ1n) is 16.4. The van der Waals surface area contributed by atoms with Crippen molar-refractivity contribution in [1.29, 1.82) is 0 Å². The largest absolute Gasteiger partial charge is 0.460 e. The molecule has 4 aliphatic rings. The third-order valence-electron chi connectivity index (χ3n) is 11.7. The third kappa shape index (κ3) is 6.78. The second-order valence-electron chi connectivity index (χ2n) is 14.5. The molecule has 0 saturated heterocycles. The highest BCUT2D eigenvalue weighted by atomic mass is 16.6. The fourth-order valence-electron chi connectivity index (χ4n) is 9.55.